The minimum atomic E-state index is -4.50. The van der Waals surface area contributed by atoms with E-state index in [1.54, 1.807) is 7.05 Å². The van der Waals surface area contributed by atoms with E-state index < -0.39 is 11.9 Å². The Balaban J connectivity index is 1.60. The molecule has 1 heterocycles. The lowest BCUT2D eigenvalue weighted by Crippen LogP contribution is -2.36. The fourth-order valence-corrected chi connectivity index (χ4v) is 2.92. The molecule has 0 bridgehead atoms. The molecule has 0 atom stereocenters. The molecule has 0 radical (unpaired) electrons. The van der Waals surface area contributed by atoms with E-state index in [-0.39, 0.29) is 12.1 Å². The fourth-order valence-electron chi connectivity index (χ4n) is 2.92. The highest BCUT2D eigenvalue weighted by molar-refractivity contribution is 5.79. The Kier molecular flexibility index (Phi) is 6.34. The summed E-state index contributed by atoms with van der Waals surface area (Å²) in [6, 6.07) is 5.99. The van der Waals surface area contributed by atoms with E-state index in [9.17, 15) is 13.2 Å². The molecule has 9 heteroatoms. The van der Waals surface area contributed by atoms with Gasteiger partial charge in [-0.05, 0) is 37.3 Å². The zero-order chi connectivity index (χ0) is 21.0. The van der Waals surface area contributed by atoms with Gasteiger partial charge in [0.15, 0.2) is 11.7 Å². The first-order valence-electron chi connectivity index (χ1n) is 9.53. The Bertz CT molecular complexity index is 871. The Hall–Kier alpha value is -2.71. The summed E-state index contributed by atoms with van der Waals surface area (Å²) in [6.45, 7) is 3.12. The summed E-state index contributed by atoms with van der Waals surface area (Å²) in [5, 5.41) is 9.57. The number of aromatic nitrogens is 2. The summed E-state index contributed by atoms with van der Waals surface area (Å²) in [5.74, 6) is 1.87. The first-order chi connectivity index (χ1) is 13.8. The highest BCUT2D eigenvalue weighted by atomic mass is 19.4. The molecule has 1 fully saturated rings. The maximum absolute atomic E-state index is 13.1. The van der Waals surface area contributed by atoms with Crippen molar-refractivity contribution in [3.8, 4) is 5.75 Å². The summed E-state index contributed by atoms with van der Waals surface area (Å²) in [7, 11) is 3.04. The predicted molar refractivity (Wildman–Crippen MR) is 105 cm³/mol. The van der Waals surface area contributed by atoms with E-state index in [2.05, 4.69) is 20.7 Å². The van der Waals surface area contributed by atoms with E-state index >= 15 is 0 Å². The lowest BCUT2D eigenvalue weighted by Gasteiger charge is -2.15. The molecule has 0 aliphatic heterocycles. The van der Waals surface area contributed by atoms with Gasteiger partial charge in [0.1, 0.15) is 5.75 Å². The molecule has 1 aliphatic carbocycles. The second-order valence-corrected chi connectivity index (χ2v) is 7.32. The third-order valence-corrected chi connectivity index (χ3v) is 4.68. The number of nitrogens with one attached hydrogen (secondary N) is 2. The number of benzene rings is 1. The zero-order valence-corrected chi connectivity index (χ0v) is 16.8. The summed E-state index contributed by atoms with van der Waals surface area (Å²) in [4.78, 5) is 4.09. The lowest BCUT2D eigenvalue weighted by molar-refractivity contribution is -0.142. The first-order valence-corrected chi connectivity index (χ1v) is 9.53. The summed E-state index contributed by atoms with van der Waals surface area (Å²) in [5.41, 5.74) is 1.25. The van der Waals surface area contributed by atoms with Crippen molar-refractivity contribution >= 4 is 5.96 Å². The van der Waals surface area contributed by atoms with E-state index in [1.807, 2.05) is 25.1 Å². The van der Waals surface area contributed by atoms with Crippen molar-refractivity contribution in [2.75, 3.05) is 13.7 Å². The van der Waals surface area contributed by atoms with Crippen LogP contribution >= 0.6 is 0 Å². The van der Waals surface area contributed by atoms with E-state index in [0.717, 1.165) is 21.6 Å². The average molecular weight is 409 g/mol. The number of hydrogen-bond donors (Lipinski definition) is 2. The van der Waals surface area contributed by atoms with Crippen LogP contribution < -0.4 is 15.4 Å². The number of aliphatic imine (C=N–C) groups is 1. The van der Waals surface area contributed by atoms with Crippen LogP contribution in [0.1, 0.15) is 35.2 Å². The van der Waals surface area contributed by atoms with Gasteiger partial charge >= 0.3 is 6.18 Å². The van der Waals surface area contributed by atoms with Crippen LogP contribution in [0.25, 0.3) is 0 Å². The molecule has 158 valence electrons. The molecular weight excluding hydrogens is 383 g/mol. The van der Waals surface area contributed by atoms with E-state index in [0.29, 0.717) is 25.0 Å². The molecule has 0 saturated heterocycles. The molecule has 1 aromatic carbocycles. The fraction of sp³-hybridized carbons (Fsp3) is 0.500. The summed E-state index contributed by atoms with van der Waals surface area (Å²) < 4.78 is 46.4. The van der Waals surface area contributed by atoms with Gasteiger partial charge < -0.3 is 15.4 Å². The number of rotatable bonds is 7. The third kappa shape index (κ3) is 5.88. The molecule has 6 nitrogen and oxygen atoms in total. The molecule has 1 aromatic heterocycles. The molecule has 29 heavy (non-hydrogen) atoms. The molecule has 0 spiro atoms. The topological polar surface area (TPSA) is 63.5 Å². The van der Waals surface area contributed by atoms with Crippen molar-refractivity contribution in [1.29, 1.82) is 0 Å². The second kappa shape index (κ2) is 8.75. The van der Waals surface area contributed by atoms with Crippen LogP contribution in [-0.4, -0.2) is 29.4 Å². The Labute approximate surface area is 168 Å². The maximum Gasteiger partial charge on any atom is 0.435 e. The van der Waals surface area contributed by atoms with Gasteiger partial charge in [-0.3, -0.25) is 9.67 Å². The number of nitrogens with zero attached hydrogens (tertiary/aromatic N) is 3. The number of alkyl halides is 3. The van der Waals surface area contributed by atoms with Gasteiger partial charge in [-0.2, -0.15) is 18.3 Å². The largest absolute Gasteiger partial charge is 0.493 e. The smallest absolute Gasteiger partial charge is 0.435 e. The van der Waals surface area contributed by atoms with Crippen molar-refractivity contribution in [3.63, 3.8) is 0 Å². The monoisotopic (exact) mass is 409 g/mol. The highest BCUT2D eigenvalue weighted by Crippen LogP contribution is 2.31. The van der Waals surface area contributed by atoms with Crippen LogP contribution in [0.3, 0.4) is 0 Å². The Morgan fingerprint density at radius 2 is 1.93 bits per heavy atom. The van der Waals surface area contributed by atoms with Gasteiger partial charge in [0.05, 0.1) is 6.61 Å². The molecule has 0 amide bonds. The molecule has 0 unspecified atom stereocenters. The zero-order valence-electron chi connectivity index (χ0n) is 16.8. The van der Waals surface area contributed by atoms with Crippen molar-refractivity contribution in [2.45, 2.75) is 39.0 Å². The minimum Gasteiger partial charge on any atom is -0.493 e. The van der Waals surface area contributed by atoms with Crippen LogP contribution in [0.2, 0.25) is 0 Å². The second-order valence-electron chi connectivity index (χ2n) is 7.32. The Morgan fingerprint density at radius 3 is 2.55 bits per heavy atom. The van der Waals surface area contributed by atoms with Crippen molar-refractivity contribution in [1.82, 2.24) is 20.4 Å². The number of halogens is 3. The minimum absolute atomic E-state index is 0.0404. The number of guanidine groups is 1. The van der Waals surface area contributed by atoms with Crippen LogP contribution in [0, 0.1) is 12.8 Å². The molecule has 2 N–H and O–H groups in total. The van der Waals surface area contributed by atoms with Gasteiger partial charge in [0.2, 0.25) is 0 Å². The maximum atomic E-state index is 13.1. The molecule has 1 saturated carbocycles. The van der Waals surface area contributed by atoms with Gasteiger partial charge in [-0.1, -0.05) is 12.1 Å². The molecule has 1 aliphatic rings. The molecular formula is C20H26F3N5O. The molecule has 3 rings (SSSR count). The third-order valence-electron chi connectivity index (χ3n) is 4.68. The average Bonchev–Trinajstić information content (AvgIpc) is 3.41. The van der Waals surface area contributed by atoms with Crippen molar-refractivity contribution in [2.24, 2.45) is 18.0 Å². The van der Waals surface area contributed by atoms with Crippen molar-refractivity contribution in [3.05, 3.63) is 46.8 Å². The van der Waals surface area contributed by atoms with E-state index in [4.69, 9.17) is 4.74 Å². The van der Waals surface area contributed by atoms with Crippen LogP contribution in [0.15, 0.2) is 29.4 Å². The lowest BCUT2D eigenvalue weighted by atomic mass is 10.1. The molecule has 2 aromatic rings. The van der Waals surface area contributed by atoms with Crippen LogP contribution in [-0.2, 0) is 26.3 Å². The van der Waals surface area contributed by atoms with Crippen LogP contribution in [0.4, 0.5) is 13.2 Å². The quantitative estimate of drug-likeness (QED) is 0.544. The summed E-state index contributed by atoms with van der Waals surface area (Å²) >= 11 is 0. The van der Waals surface area contributed by atoms with Gasteiger partial charge in [-0.15, -0.1) is 0 Å². The SMILES string of the molecule is CN=C(NCc1ccc(C)cc1OCC1CC1)NCc1cn(C)nc1C(F)(F)F. The predicted octanol–water partition coefficient (Wildman–Crippen LogP) is 3.40. The van der Waals surface area contributed by atoms with Crippen LogP contribution in [0.5, 0.6) is 5.75 Å². The number of hydrogen-bond acceptors (Lipinski definition) is 3. The summed E-state index contributed by atoms with van der Waals surface area (Å²) in [6.07, 6.45) is -0.716. The van der Waals surface area contributed by atoms with E-state index in [1.165, 1.54) is 26.1 Å². The normalized spacial score (nSPS) is 14.8. The number of ether oxygens (including phenoxy) is 1. The standard InChI is InChI=1S/C20H26F3N5O/c1-13-4-7-15(17(8-13)29-12-14-5-6-14)9-25-19(24-2)26-10-16-11-28(3)27-18(16)20(21,22)23/h4,7-8,11,14H,5-6,9-10,12H2,1-3H3,(H2,24,25,26). The Morgan fingerprint density at radius 1 is 1.24 bits per heavy atom. The number of aryl methyl sites for hydroxylation is 2. The van der Waals surface area contributed by atoms with Gasteiger partial charge in [0, 0.05) is 44.5 Å². The van der Waals surface area contributed by atoms with Gasteiger partial charge in [-0.25, -0.2) is 0 Å². The first kappa shape index (κ1) is 21.0. The highest BCUT2D eigenvalue weighted by Gasteiger charge is 2.36. The van der Waals surface area contributed by atoms with Crippen molar-refractivity contribution < 1.29 is 17.9 Å². The van der Waals surface area contributed by atoms with Gasteiger partial charge in [0.25, 0.3) is 0 Å².